The van der Waals surface area contributed by atoms with Gasteiger partial charge < -0.3 is 9.26 Å². The summed E-state index contributed by atoms with van der Waals surface area (Å²) in [6.07, 6.45) is 0. The highest BCUT2D eigenvalue weighted by Crippen LogP contribution is 2.30. The molecule has 0 amide bonds. The summed E-state index contributed by atoms with van der Waals surface area (Å²) in [7, 11) is 0. The fraction of sp³-hybridized carbons (Fsp3) is 0.231. The minimum Gasteiger partial charge on any atom is -0.462 e. The second-order valence-electron chi connectivity index (χ2n) is 3.91. The smallest absolute Gasteiger partial charge is 0.344 e. The summed E-state index contributed by atoms with van der Waals surface area (Å²) in [5, 5.41) is 3.52. The Balaban J connectivity index is 2.60. The molecule has 0 radical (unpaired) electrons. The quantitative estimate of drug-likeness (QED) is 0.641. The first-order valence-electron chi connectivity index (χ1n) is 5.74. The van der Waals surface area contributed by atoms with Gasteiger partial charge in [-0.25, -0.2) is 18.0 Å². The molecule has 0 spiro atoms. The molecule has 1 heterocycles. The van der Waals surface area contributed by atoms with Crippen molar-refractivity contribution >= 4 is 5.97 Å². The zero-order chi connectivity index (χ0) is 14.9. The van der Waals surface area contributed by atoms with Gasteiger partial charge in [-0.3, -0.25) is 0 Å². The molecule has 4 nitrogen and oxygen atoms in total. The SMILES string of the molecule is CCOC(=O)c1c(-c2ccc(F)c(F)c2F)noc1C. The van der Waals surface area contributed by atoms with Gasteiger partial charge in [0.15, 0.2) is 17.5 Å². The predicted molar refractivity (Wildman–Crippen MR) is 62.5 cm³/mol. The maximum Gasteiger partial charge on any atom is 0.344 e. The summed E-state index contributed by atoms with van der Waals surface area (Å²) in [6.45, 7) is 3.13. The largest absolute Gasteiger partial charge is 0.462 e. The molecule has 0 aliphatic heterocycles. The number of carbonyl (C=O) groups is 1. The van der Waals surface area contributed by atoms with Crippen LogP contribution in [-0.4, -0.2) is 17.7 Å². The van der Waals surface area contributed by atoms with Gasteiger partial charge in [0, 0.05) is 5.56 Å². The summed E-state index contributed by atoms with van der Waals surface area (Å²) in [4.78, 5) is 11.8. The molecule has 1 aromatic carbocycles. The molecule has 0 atom stereocenters. The third kappa shape index (κ3) is 2.26. The van der Waals surface area contributed by atoms with Crippen LogP contribution in [0.15, 0.2) is 16.7 Å². The van der Waals surface area contributed by atoms with Crippen LogP contribution in [0.3, 0.4) is 0 Å². The first-order valence-corrected chi connectivity index (χ1v) is 5.74. The predicted octanol–water partition coefficient (Wildman–Crippen LogP) is 3.24. The van der Waals surface area contributed by atoms with Crippen LogP contribution in [0, 0.1) is 24.4 Å². The number of benzene rings is 1. The Morgan fingerprint density at radius 1 is 1.30 bits per heavy atom. The molecule has 0 aliphatic rings. The van der Waals surface area contributed by atoms with Crippen molar-refractivity contribution in [3.63, 3.8) is 0 Å². The van der Waals surface area contributed by atoms with Crippen molar-refractivity contribution in [2.45, 2.75) is 13.8 Å². The molecule has 1 aromatic heterocycles. The minimum absolute atomic E-state index is 0.0996. The number of halogens is 3. The Morgan fingerprint density at radius 2 is 2.00 bits per heavy atom. The van der Waals surface area contributed by atoms with Crippen LogP contribution in [0.25, 0.3) is 11.3 Å². The van der Waals surface area contributed by atoms with Crippen LogP contribution in [-0.2, 0) is 4.74 Å². The molecular formula is C13H10F3NO3. The maximum absolute atomic E-state index is 13.7. The number of ether oxygens (including phenoxy) is 1. The number of hydrogen-bond acceptors (Lipinski definition) is 4. The van der Waals surface area contributed by atoms with Gasteiger partial charge in [0.1, 0.15) is 17.0 Å². The van der Waals surface area contributed by atoms with Gasteiger partial charge >= 0.3 is 5.97 Å². The van der Waals surface area contributed by atoms with E-state index in [0.717, 1.165) is 12.1 Å². The van der Waals surface area contributed by atoms with Crippen molar-refractivity contribution in [2.75, 3.05) is 6.61 Å². The van der Waals surface area contributed by atoms with Gasteiger partial charge in [0.25, 0.3) is 0 Å². The average molecular weight is 285 g/mol. The van der Waals surface area contributed by atoms with Crippen LogP contribution in [0.5, 0.6) is 0 Å². The van der Waals surface area contributed by atoms with E-state index in [0.29, 0.717) is 0 Å². The monoisotopic (exact) mass is 285 g/mol. The first kappa shape index (κ1) is 14.1. The van der Waals surface area contributed by atoms with E-state index >= 15 is 0 Å². The second-order valence-corrected chi connectivity index (χ2v) is 3.91. The van der Waals surface area contributed by atoms with Gasteiger partial charge in [-0.15, -0.1) is 0 Å². The lowest BCUT2D eigenvalue weighted by molar-refractivity contribution is 0.0525. The van der Waals surface area contributed by atoms with Crippen LogP contribution >= 0.6 is 0 Å². The number of rotatable bonds is 3. The van der Waals surface area contributed by atoms with Crippen LogP contribution in [0.2, 0.25) is 0 Å². The summed E-state index contributed by atoms with van der Waals surface area (Å²) in [6, 6.07) is 1.72. The van der Waals surface area contributed by atoms with Crippen LogP contribution < -0.4 is 0 Å². The molecule has 2 rings (SSSR count). The van der Waals surface area contributed by atoms with Crippen LogP contribution in [0.4, 0.5) is 13.2 Å². The fourth-order valence-corrected chi connectivity index (χ4v) is 1.71. The van der Waals surface area contributed by atoms with E-state index in [1.807, 2.05) is 0 Å². The molecule has 20 heavy (non-hydrogen) atoms. The lowest BCUT2D eigenvalue weighted by Gasteiger charge is -2.04. The zero-order valence-corrected chi connectivity index (χ0v) is 10.7. The van der Waals surface area contributed by atoms with E-state index in [9.17, 15) is 18.0 Å². The lowest BCUT2D eigenvalue weighted by atomic mass is 10.1. The molecule has 0 saturated carbocycles. The third-order valence-corrected chi connectivity index (χ3v) is 2.63. The summed E-state index contributed by atoms with van der Waals surface area (Å²) in [5.41, 5.74) is -0.710. The van der Waals surface area contributed by atoms with Gasteiger partial charge in [0.2, 0.25) is 0 Å². The molecule has 7 heteroatoms. The number of esters is 1. The van der Waals surface area contributed by atoms with Gasteiger partial charge in [-0.05, 0) is 26.0 Å². The standard InChI is InChI=1S/C13H10F3NO3/c1-3-19-13(18)9-6(2)20-17-12(9)7-4-5-8(14)11(16)10(7)15/h4-5H,3H2,1-2H3. The summed E-state index contributed by atoms with van der Waals surface area (Å²) in [5.74, 6) is -5.08. The molecule has 0 bridgehead atoms. The van der Waals surface area contributed by atoms with Gasteiger partial charge in [-0.1, -0.05) is 5.16 Å². The first-order chi connectivity index (χ1) is 9.47. The van der Waals surface area contributed by atoms with Crippen molar-refractivity contribution < 1.29 is 27.2 Å². The van der Waals surface area contributed by atoms with Gasteiger partial charge in [-0.2, -0.15) is 0 Å². The van der Waals surface area contributed by atoms with E-state index in [4.69, 9.17) is 9.26 Å². The van der Waals surface area contributed by atoms with E-state index in [1.165, 1.54) is 6.92 Å². The Labute approximate surface area is 112 Å². The number of aryl methyl sites for hydroxylation is 1. The molecule has 2 aromatic rings. The minimum atomic E-state index is -1.64. The van der Waals surface area contributed by atoms with Crippen molar-refractivity contribution in [2.24, 2.45) is 0 Å². The van der Waals surface area contributed by atoms with Gasteiger partial charge in [0.05, 0.1) is 6.61 Å². The highest BCUT2D eigenvalue weighted by atomic mass is 19.2. The normalized spacial score (nSPS) is 10.7. The van der Waals surface area contributed by atoms with Crippen LogP contribution in [0.1, 0.15) is 23.0 Å². The molecular weight excluding hydrogens is 275 g/mol. The number of nitrogens with zero attached hydrogens (tertiary/aromatic N) is 1. The Bertz CT molecular complexity index is 667. The Hall–Kier alpha value is -2.31. The molecule has 0 unspecified atom stereocenters. The zero-order valence-electron chi connectivity index (χ0n) is 10.7. The molecule has 0 N–H and O–H groups in total. The maximum atomic E-state index is 13.7. The fourth-order valence-electron chi connectivity index (χ4n) is 1.71. The Kier molecular flexibility index (Phi) is 3.78. The third-order valence-electron chi connectivity index (χ3n) is 2.63. The molecule has 0 aliphatic carbocycles. The van der Waals surface area contributed by atoms with E-state index < -0.39 is 23.4 Å². The number of hydrogen-bond donors (Lipinski definition) is 0. The van der Waals surface area contributed by atoms with E-state index in [2.05, 4.69) is 5.16 Å². The average Bonchev–Trinajstić information content (AvgIpc) is 2.78. The van der Waals surface area contributed by atoms with E-state index in [-0.39, 0.29) is 29.2 Å². The summed E-state index contributed by atoms with van der Waals surface area (Å²) < 4.78 is 49.5. The number of aromatic nitrogens is 1. The van der Waals surface area contributed by atoms with E-state index in [1.54, 1.807) is 6.92 Å². The summed E-state index contributed by atoms with van der Waals surface area (Å²) >= 11 is 0. The Morgan fingerprint density at radius 3 is 2.65 bits per heavy atom. The molecule has 0 fully saturated rings. The molecule has 0 saturated heterocycles. The van der Waals surface area contributed by atoms with Crippen molar-refractivity contribution in [1.29, 1.82) is 0 Å². The highest BCUT2D eigenvalue weighted by molar-refractivity contribution is 5.97. The lowest BCUT2D eigenvalue weighted by Crippen LogP contribution is -2.07. The number of carbonyl (C=O) groups excluding carboxylic acids is 1. The molecule has 106 valence electrons. The topological polar surface area (TPSA) is 52.3 Å². The highest BCUT2D eigenvalue weighted by Gasteiger charge is 2.26. The van der Waals surface area contributed by atoms with Crippen molar-refractivity contribution in [1.82, 2.24) is 5.16 Å². The van der Waals surface area contributed by atoms with Crippen molar-refractivity contribution in [3.8, 4) is 11.3 Å². The van der Waals surface area contributed by atoms with Crippen molar-refractivity contribution in [3.05, 3.63) is 40.9 Å². The second kappa shape index (κ2) is 5.36.